The van der Waals surface area contributed by atoms with Gasteiger partial charge >= 0.3 is 12.4 Å². The van der Waals surface area contributed by atoms with E-state index in [0.717, 1.165) is 30.3 Å². The molecule has 1 N–H and O–H groups in total. The van der Waals surface area contributed by atoms with E-state index < -0.39 is 35.0 Å². The zero-order valence-electron chi connectivity index (χ0n) is 12.2. The Kier molecular flexibility index (Phi) is 4.59. The molecule has 24 heavy (non-hydrogen) atoms. The van der Waals surface area contributed by atoms with Gasteiger partial charge in [0.2, 0.25) is 0 Å². The van der Waals surface area contributed by atoms with Gasteiger partial charge in [-0.25, -0.2) is 0 Å². The summed E-state index contributed by atoms with van der Waals surface area (Å²) in [5.74, 6) is -1.04. The number of amides is 1. The lowest BCUT2D eigenvalue weighted by atomic mass is 10.0. The SMILES string of the molecule is Cc1cccc(C(F)(F)F)c1C(=O)Nc1ccc(C(F)(F)F)cc1. The normalized spacial score (nSPS) is 12.1. The average molecular weight is 347 g/mol. The zero-order chi connectivity index (χ0) is 18.1. The molecule has 1 amide bonds. The Bertz CT molecular complexity index is 747. The third-order valence-electron chi connectivity index (χ3n) is 3.28. The molecule has 2 nitrogen and oxygen atoms in total. The lowest BCUT2D eigenvalue weighted by molar-refractivity contribution is -0.138. The van der Waals surface area contributed by atoms with Crippen molar-refractivity contribution in [3.8, 4) is 0 Å². The van der Waals surface area contributed by atoms with Gasteiger partial charge in [0, 0.05) is 5.69 Å². The van der Waals surface area contributed by atoms with Crippen LogP contribution in [0.1, 0.15) is 27.0 Å². The van der Waals surface area contributed by atoms with Crippen LogP contribution in [0, 0.1) is 6.92 Å². The van der Waals surface area contributed by atoms with Crippen molar-refractivity contribution in [1.82, 2.24) is 0 Å². The molecular weight excluding hydrogens is 336 g/mol. The maximum absolute atomic E-state index is 13.0. The predicted octanol–water partition coefficient (Wildman–Crippen LogP) is 5.28. The van der Waals surface area contributed by atoms with Gasteiger partial charge in [0.25, 0.3) is 5.91 Å². The molecule has 8 heteroatoms. The number of aryl methyl sites for hydroxylation is 1. The van der Waals surface area contributed by atoms with Crippen molar-refractivity contribution in [2.45, 2.75) is 19.3 Å². The van der Waals surface area contributed by atoms with Gasteiger partial charge in [0.1, 0.15) is 0 Å². The second kappa shape index (κ2) is 6.18. The minimum absolute atomic E-state index is 0.0376. The maximum atomic E-state index is 13.0. The highest BCUT2D eigenvalue weighted by molar-refractivity contribution is 6.06. The van der Waals surface area contributed by atoms with Gasteiger partial charge in [-0.05, 0) is 42.8 Å². The van der Waals surface area contributed by atoms with Gasteiger partial charge in [0.15, 0.2) is 0 Å². The van der Waals surface area contributed by atoms with Crippen LogP contribution in [-0.2, 0) is 12.4 Å². The highest BCUT2D eigenvalue weighted by Crippen LogP contribution is 2.34. The first-order valence-corrected chi connectivity index (χ1v) is 6.65. The summed E-state index contributed by atoms with van der Waals surface area (Å²) >= 11 is 0. The van der Waals surface area contributed by atoms with Crippen LogP contribution in [0.3, 0.4) is 0 Å². The van der Waals surface area contributed by atoms with Gasteiger partial charge in [-0.1, -0.05) is 12.1 Å². The fraction of sp³-hybridized carbons (Fsp3) is 0.188. The number of halogens is 6. The number of anilines is 1. The summed E-state index contributed by atoms with van der Waals surface area (Å²) < 4.78 is 76.4. The third kappa shape index (κ3) is 3.87. The van der Waals surface area contributed by atoms with Crippen molar-refractivity contribution < 1.29 is 31.1 Å². The molecule has 0 radical (unpaired) electrons. The Hall–Kier alpha value is -2.51. The number of nitrogens with one attached hydrogen (secondary N) is 1. The van der Waals surface area contributed by atoms with Crippen LogP contribution >= 0.6 is 0 Å². The molecule has 0 unspecified atom stereocenters. The van der Waals surface area contributed by atoms with Gasteiger partial charge < -0.3 is 5.32 Å². The van der Waals surface area contributed by atoms with Crippen molar-refractivity contribution in [2.24, 2.45) is 0 Å². The molecule has 2 aromatic carbocycles. The number of hydrogen-bond acceptors (Lipinski definition) is 1. The number of carbonyl (C=O) groups excluding carboxylic acids is 1. The summed E-state index contributed by atoms with van der Waals surface area (Å²) in [6, 6.07) is 6.72. The Balaban J connectivity index is 2.31. The highest BCUT2D eigenvalue weighted by atomic mass is 19.4. The van der Waals surface area contributed by atoms with Crippen LogP contribution in [-0.4, -0.2) is 5.91 Å². The highest BCUT2D eigenvalue weighted by Gasteiger charge is 2.36. The van der Waals surface area contributed by atoms with E-state index in [1.807, 2.05) is 0 Å². The first-order valence-electron chi connectivity index (χ1n) is 6.65. The second-order valence-corrected chi connectivity index (χ2v) is 5.02. The molecule has 0 aliphatic rings. The van der Waals surface area contributed by atoms with Gasteiger partial charge in [-0.3, -0.25) is 4.79 Å². The molecule has 0 saturated carbocycles. The lowest BCUT2D eigenvalue weighted by Gasteiger charge is -2.15. The number of hydrogen-bond donors (Lipinski definition) is 1. The summed E-state index contributed by atoms with van der Waals surface area (Å²) in [5.41, 5.74) is -2.53. The van der Waals surface area contributed by atoms with Crippen LogP contribution in [0.5, 0.6) is 0 Å². The van der Waals surface area contributed by atoms with Gasteiger partial charge in [-0.15, -0.1) is 0 Å². The van der Waals surface area contributed by atoms with E-state index in [-0.39, 0.29) is 11.3 Å². The lowest BCUT2D eigenvalue weighted by Crippen LogP contribution is -2.20. The quantitative estimate of drug-likeness (QED) is 0.736. The fourth-order valence-corrected chi connectivity index (χ4v) is 2.14. The van der Waals surface area contributed by atoms with E-state index >= 15 is 0 Å². The van der Waals surface area contributed by atoms with Crippen molar-refractivity contribution in [2.75, 3.05) is 5.32 Å². The summed E-state index contributed by atoms with van der Waals surface area (Å²) in [7, 11) is 0. The standard InChI is InChI=1S/C16H11F6NO/c1-9-3-2-4-12(16(20,21)22)13(9)14(24)23-11-7-5-10(6-8-11)15(17,18)19/h2-8H,1H3,(H,23,24). The summed E-state index contributed by atoms with van der Waals surface area (Å²) in [6.07, 6.45) is -9.26. The van der Waals surface area contributed by atoms with E-state index in [9.17, 15) is 31.1 Å². The Morgan fingerprint density at radius 2 is 1.46 bits per heavy atom. The monoisotopic (exact) mass is 347 g/mol. The molecule has 0 aliphatic carbocycles. The van der Waals surface area contributed by atoms with E-state index in [1.165, 1.54) is 19.1 Å². The molecule has 0 saturated heterocycles. The van der Waals surface area contributed by atoms with Gasteiger partial charge in [0.05, 0.1) is 16.7 Å². The fourth-order valence-electron chi connectivity index (χ4n) is 2.14. The number of alkyl halides is 6. The first-order chi connectivity index (χ1) is 11.0. The third-order valence-corrected chi connectivity index (χ3v) is 3.28. The van der Waals surface area contributed by atoms with Crippen LogP contribution < -0.4 is 5.32 Å². The van der Waals surface area contributed by atoms with Crippen molar-refractivity contribution >= 4 is 11.6 Å². The first kappa shape index (κ1) is 17.8. The van der Waals surface area contributed by atoms with Gasteiger partial charge in [-0.2, -0.15) is 26.3 Å². The Labute approximate surface area is 133 Å². The molecular formula is C16H11F6NO. The molecule has 0 fully saturated rings. The molecule has 128 valence electrons. The summed E-state index contributed by atoms with van der Waals surface area (Å²) in [5, 5.41) is 2.18. The number of rotatable bonds is 2. The summed E-state index contributed by atoms with van der Waals surface area (Å²) in [4.78, 5) is 12.2. The molecule has 2 rings (SSSR count). The average Bonchev–Trinajstić information content (AvgIpc) is 2.45. The van der Waals surface area contributed by atoms with Crippen LogP contribution in [0.15, 0.2) is 42.5 Å². The van der Waals surface area contributed by atoms with E-state index in [0.29, 0.717) is 0 Å². The molecule has 0 spiro atoms. The zero-order valence-corrected chi connectivity index (χ0v) is 12.2. The molecule has 2 aromatic rings. The van der Waals surface area contributed by atoms with Crippen LogP contribution in [0.4, 0.5) is 32.0 Å². The second-order valence-electron chi connectivity index (χ2n) is 5.02. The molecule has 0 atom stereocenters. The Morgan fingerprint density at radius 3 is 1.96 bits per heavy atom. The minimum Gasteiger partial charge on any atom is -0.322 e. The van der Waals surface area contributed by atoms with E-state index in [1.54, 1.807) is 0 Å². The number of carbonyl (C=O) groups is 1. The van der Waals surface area contributed by atoms with Crippen LogP contribution in [0.2, 0.25) is 0 Å². The minimum atomic E-state index is -4.72. The molecule has 0 heterocycles. The molecule has 0 bridgehead atoms. The predicted molar refractivity (Wildman–Crippen MR) is 75.6 cm³/mol. The van der Waals surface area contributed by atoms with Crippen molar-refractivity contribution in [3.63, 3.8) is 0 Å². The molecule has 0 aliphatic heterocycles. The topological polar surface area (TPSA) is 29.1 Å². The Morgan fingerprint density at radius 1 is 0.875 bits per heavy atom. The largest absolute Gasteiger partial charge is 0.417 e. The maximum Gasteiger partial charge on any atom is 0.417 e. The molecule has 0 aromatic heterocycles. The van der Waals surface area contributed by atoms with Crippen molar-refractivity contribution in [3.05, 3.63) is 64.7 Å². The summed E-state index contributed by atoms with van der Waals surface area (Å²) in [6.45, 7) is 1.34. The smallest absolute Gasteiger partial charge is 0.322 e. The number of benzene rings is 2. The van der Waals surface area contributed by atoms with Crippen LogP contribution in [0.25, 0.3) is 0 Å². The van der Waals surface area contributed by atoms with Crippen molar-refractivity contribution in [1.29, 1.82) is 0 Å². The van der Waals surface area contributed by atoms with E-state index in [2.05, 4.69) is 5.32 Å². The van der Waals surface area contributed by atoms with E-state index in [4.69, 9.17) is 0 Å².